The van der Waals surface area contributed by atoms with E-state index in [1.807, 2.05) is 18.2 Å². The van der Waals surface area contributed by atoms with Gasteiger partial charge in [-0.2, -0.15) is 0 Å². The molecule has 0 heterocycles. The number of rotatable bonds is 5. The Bertz CT molecular complexity index is 540. The summed E-state index contributed by atoms with van der Waals surface area (Å²) in [6.07, 6.45) is 0. The van der Waals surface area contributed by atoms with Gasteiger partial charge in [-0.25, -0.2) is 0 Å². The molecule has 0 spiro atoms. The molecule has 19 heavy (non-hydrogen) atoms. The maximum absolute atomic E-state index is 6.01. The zero-order valence-corrected chi connectivity index (χ0v) is 12.7. The van der Waals surface area contributed by atoms with Crippen LogP contribution >= 0.6 is 15.9 Å². The molecule has 0 aliphatic carbocycles. The fraction of sp³-hybridized carbons (Fsp3) is 0.250. The van der Waals surface area contributed by atoms with Crippen LogP contribution in [-0.2, 0) is 13.1 Å². The van der Waals surface area contributed by atoms with Crippen LogP contribution in [0.2, 0.25) is 0 Å². The largest absolute Gasteiger partial charge is 0.398 e. The first-order valence-electron chi connectivity index (χ1n) is 6.49. The molecule has 0 bridgehead atoms. The van der Waals surface area contributed by atoms with E-state index in [4.69, 9.17) is 5.73 Å². The van der Waals surface area contributed by atoms with E-state index in [9.17, 15) is 0 Å². The maximum Gasteiger partial charge on any atom is 0.0359 e. The van der Waals surface area contributed by atoms with Crippen LogP contribution in [0, 0.1) is 0 Å². The van der Waals surface area contributed by atoms with Crippen molar-refractivity contribution in [2.45, 2.75) is 20.0 Å². The summed E-state index contributed by atoms with van der Waals surface area (Å²) < 4.78 is 1.13. The second-order valence-electron chi connectivity index (χ2n) is 4.63. The number of hydrogen-bond acceptors (Lipinski definition) is 2. The normalized spacial score (nSPS) is 10.9. The van der Waals surface area contributed by atoms with Gasteiger partial charge < -0.3 is 5.73 Å². The second kappa shape index (κ2) is 6.73. The Kier molecular flexibility index (Phi) is 5.00. The van der Waals surface area contributed by atoms with E-state index in [2.05, 4.69) is 58.1 Å². The molecule has 0 unspecified atom stereocenters. The summed E-state index contributed by atoms with van der Waals surface area (Å²) in [5.74, 6) is 0. The van der Waals surface area contributed by atoms with Crippen molar-refractivity contribution in [2.75, 3.05) is 12.3 Å². The van der Waals surface area contributed by atoms with Gasteiger partial charge in [-0.1, -0.05) is 53.2 Å². The average molecular weight is 319 g/mol. The fourth-order valence-electron chi connectivity index (χ4n) is 2.09. The van der Waals surface area contributed by atoms with Gasteiger partial charge in [0.05, 0.1) is 0 Å². The van der Waals surface area contributed by atoms with E-state index in [0.29, 0.717) is 0 Å². The van der Waals surface area contributed by atoms with Crippen molar-refractivity contribution in [2.24, 2.45) is 0 Å². The van der Waals surface area contributed by atoms with Crippen LogP contribution in [0.1, 0.15) is 18.1 Å². The summed E-state index contributed by atoms with van der Waals surface area (Å²) in [6.45, 7) is 5.00. The molecule has 0 aliphatic rings. The highest BCUT2D eigenvalue weighted by Gasteiger charge is 2.07. The summed E-state index contributed by atoms with van der Waals surface area (Å²) in [6, 6.07) is 16.5. The van der Waals surface area contributed by atoms with E-state index in [1.54, 1.807) is 0 Å². The molecule has 2 nitrogen and oxygen atoms in total. The summed E-state index contributed by atoms with van der Waals surface area (Å²) in [7, 11) is 0. The van der Waals surface area contributed by atoms with Crippen LogP contribution in [0.25, 0.3) is 0 Å². The van der Waals surface area contributed by atoms with Crippen LogP contribution < -0.4 is 5.73 Å². The molecular weight excluding hydrogens is 300 g/mol. The van der Waals surface area contributed by atoms with E-state index in [0.717, 1.165) is 29.8 Å². The van der Waals surface area contributed by atoms with Crippen molar-refractivity contribution in [3.63, 3.8) is 0 Å². The number of hydrogen-bond donors (Lipinski definition) is 1. The van der Waals surface area contributed by atoms with Gasteiger partial charge in [-0.3, -0.25) is 4.90 Å². The molecule has 0 aromatic heterocycles. The first-order valence-corrected chi connectivity index (χ1v) is 7.28. The van der Waals surface area contributed by atoms with Crippen molar-refractivity contribution < 1.29 is 0 Å². The minimum Gasteiger partial charge on any atom is -0.398 e. The van der Waals surface area contributed by atoms with Crippen molar-refractivity contribution in [1.82, 2.24) is 4.90 Å². The third-order valence-electron chi connectivity index (χ3n) is 3.19. The summed E-state index contributed by atoms with van der Waals surface area (Å²) >= 11 is 3.51. The zero-order chi connectivity index (χ0) is 13.7. The number of benzene rings is 2. The quantitative estimate of drug-likeness (QED) is 0.842. The first kappa shape index (κ1) is 14.1. The Morgan fingerprint density at radius 2 is 1.84 bits per heavy atom. The lowest BCUT2D eigenvalue weighted by Crippen LogP contribution is -2.22. The molecule has 0 fully saturated rings. The van der Waals surface area contributed by atoms with Crippen LogP contribution in [0.15, 0.2) is 53.0 Å². The molecule has 0 atom stereocenters. The minimum atomic E-state index is 0.871. The Labute approximate surface area is 123 Å². The van der Waals surface area contributed by atoms with Crippen LogP contribution in [-0.4, -0.2) is 11.4 Å². The Hall–Kier alpha value is -1.32. The highest BCUT2D eigenvalue weighted by atomic mass is 79.9. The van der Waals surface area contributed by atoms with Gasteiger partial charge in [0.25, 0.3) is 0 Å². The third kappa shape index (κ3) is 4.08. The molecular formula is C16H19BrN2. The molecule has 0 saturated carbocycles. The molecule has 2 rings (SSSR count). The van der Waals surface area contributed by atoms with E-state index >= 15 is 0 Å². The lowest BCUT2D eigenvalue weighted by molar-refractivity contribution is 0.272. The van der Waals surface area contributed by atoms with Gasteiger partial charge in [-0.05, 0) is 35.9 Å². The third-order valence-corrected chi connectivity index (χ3v) is 3.68. The maximum atomic E-state index is 6.01. The van der Waals surface area contributed by atoms with Gasteiger partial charge in [-0.15, -0.1) is 0 Å². The number of anilines is 1. The Morgan fingerprint density at radius 3 is 2.53 bits per heavy atom. The molecule has 2 N–H and O–H groups in total. The lowest BCUT2D eigenvalue weighted by Gasteiger charge is -2.21. The molecule has 2 aromatic carbocycles. The van der Waals surface area contributed by atoms with Crippen molar-refractivity contribution >= 4 is 21.6 Å². The van der Waals surface area contributed by atoms with Crippen LogP contribution in [0.5, 0.6) is 0 Å². The SMILES string of the molecule is CCN(Cc1cccc(Br)c1)Cc1ccccc1N. The average Bonchev–Trinajstić information content (AvgIpc) is 2.40. The van der Waals surface area contributed by atoms with Gasteiger partial charge in [0.1, 0.15) is 0 Å². The topological polar surface area (TPSA) is 29.3 Å². The monoisotopic (exact) mass is 318 g/mol. The highest BCUT2D eigenvalue weighted by molar-refractivity contribution is 9.10. The zero-order valence-electron chi connectivity index (χ0n) is 11.1. The van der Waals surface area contributed by atoms with Gasteiger partial charge in [0.2, 0.25) is 0 Å². The molecule has 0 amide bonds. The molecule has 0 aliphatic heterocycles. The van der Waals surface area contributed by atoms with E-state index in [1.165, 1.54) is 11.1 Å². The van der Waals surface area contributed by atoms with Crippen molar-refractivity contribution in [1.29, 1.82) is 0 Å². The lowest BCUT2D eigenvalue weighted by atomic mass is 10.1. The van der Waals surface area contributed by atoms with Gasteiger partial charge in [0, 0.05) is 23.2 Å². The minimum absolute atomic E-state index is 0.871. The summed E-state index contributed by atoms with van der Waals surface area (Å²) in [4.78, 5) is 2.38. The summed E-state index contributed by atoms with van der Waals surface area (Å²) in [5, 5.41) is 0. The number of nitrogens with zero attached hydrogens (tertiary/aromatic N) is 1. The molecule has 3 heteroatoms. The highest BCUT2D eigenvalue weighted by Crippen LogP contribution is 2.17. The predicted molar refractivity (Wildman–Crippen MR) is 84.8 cm³/mol. The summed E-state index contributed by atoms with van der Waals surface area (Å²) in [5.41, 5.74) is 9.38. The number of nitrogen functional groups attached to an aromatic ring is 1. The van der Waals surface area contributed by atoms with Gasteiger partial charge >= 0.3 is 0 Å². The van der Waals surface area contributed by atoms with Crippen LogP contribution in [0.4, 0.5) is 5.69 Å². The second-order valence-corrected chi connectivity index (χ2v) is 5.55. The number of para-hydroxylation sites is 1. The van der Waals surface area contributed by atoms with E-state index in [-0.39, 0.29) is 0 Å². The number of halogens is 1. The van der Waals surface area contributed by atoms with Crippen LogP contribution in [0.3, 0.4) is 0 Å². The van der Waals surface area contributed by atoms with Gasteiger partial charge in [0.15, 0.2) is 0 Å². The number of nitrogens with two attached hydrogens (primary N) is 1. The van der Waals surface area contributed by atoms with Crippen molar-refractivity contribution in [3.8, 4) is 0 Å². The molecule has 2 aromatic rings. The predicted octanol–water partition coefficient (Wildman–Crippen LogP) is 4.05. The Morgan fingerprint density at radius 1 is 1.05 bits per heavy atom. The smallest absolute Gasteiger partial charge is 0.0359 e. The fourth-order valence-corrected chi connectivity index (χ4v) is 2.54. The molecule has 0 radical (unpaired) electrons. The molecule has 0 saturated heterocycles. The first-order chi connectivity index (χ1) is 9.19. The standard InChI is InChI=1S/C16H19BrN2/c1-2-19(11-13-6-5-8-15(17)10-13)12-14-7-3-4-9-16(14)18/h3-10H,2,11-12,18H2,1H3. The van der Waals surface area contributed by atoms with E-state index < -0.39 is 0 Å². The molecule has 100 valence electrons. The van der Waals surface area contributed by atoms with Crippen molar-refractivity contribution in [3.05, 3.63) is 64.1 Å². The Balaban J connectivity index is 2.07.